The molecule has 0 spiro atoms. The van der Waals surface area contributed by atoms with Crippen molar-refractivity contribution in [2.24, 2.45) is 7.05 Å². The second-order valence-corrected chi connectivity index (χ2v) is 10.9. The van der Waals surface area contributed by atoms with Gasteiger partial charge in [0.05, 0.1) is 38.5 Å². The molecule has 3 aromatic carbocycles. The highest BCUT2D eigenvalue weighted by Crippen LogP contribution is 2.37. The smallest absolute Gasteiger partial charge is 0.271 e. The molecule has 3 heterocycles. The Labute approximate surface area is 273 Å². The molecular weight excluding hydrogens is 626 g/mol. The Kier molecular flexibility index (Phi) is 9.04. The standard InChI is InChI=1S/C35H30F2N4O7/c1-40-19-24(33(42)31(20-4-6-21(36)7-5-20)32(40)35(44)41-12-14-47-15-13-41)34(43)39-22-8-9-28(25(37)16-22)48-27-10-11-38-26-18-30(46-3)29(45-2)17-23(26)27/h4-11,16-19H,12-15H2,1-3H3,(H,39,43). The molecule has 48 heavy (non-hydrogen) atoms. The summed E-state index contributed by atoms with van der Waals surface area (Å²) in [7, 11) is 4.54. The van der Waals surface area contributed by atoms with Crippen molar-refractivity contribution in [1.82, 2.24) is 14.5 Å². The van der Waals surface area contributed by atoms with Gasteiger partial charge in [0, 0.05) is 55.7 Å². The number of amides is 2. The minimum atomic E-state index is -0.835. The first kappa shape index (κ1) is 32.1. The van der Waals surface area contributed by atoms with Crippen LogP contribution in [0.1, 0.15) is 20.8 Å². The van der Waals surface area contributed by atoms with Crippen molar-refractivity contribution in [3.8, 4) is 34.1 Å². The molecule has 2 amide bonds. The lowest BCUT2D eigenvalue weighted by molar-refractivity contribution is 0.0296. The third-order valence-corrected chi connectivity index (χ3v) is 7.88. The third-order valence-electron chi connectivity index (χ3n) is 7.88. The predicted octanol–water partition coefficient (Wildman–Crippen LogP) is 5.41. The number of hydrogen-bond acceptors (Lipinski definition) is 8. The average Bonchev–Trinajstić information content (AvgIpc) is 3.10. The number of morpholine rings is 1. The number of pyridine rings is 2. The van der Waals surface area contributed by atoms with Crippen LogP contribution in [0.25, 0.3) is 22.0 Å². The van der Waals surface area contributed by atoms with E-state index >= 15 is 4.39 Å². The first-order chi connectivity index (χ1) is 23.2. The summed E-state index contributed by atoms with van der Waals surface area (Å²) < 4.78 is 52.5. The molecule has 13 heteroatoms. The van der Waals surface area contributed by atoms with Crippen LogP contribution in [0.5, 0.6) is 23.0 Å². The van der Waals surface area contributed by atoms with Crippen LogP contribution in [-0.2, 0) is 11.8 Å². The Morgan fingerprint density at radius 3 is 2.29 bits per heavy atom. The van der Waals surface area contributed by atoms with Gasteiger partial charge in [0.1, 0.15) is 22.8 Å². The number of nitrogens with zero attached hydrogens (tertiary/aromatic N) is 3. The topological polar surface area (TPSA) is 121 Å². The zero-order chi connectivity index (χ0) is 33.9. The van der Waals surface area contributed by atoms with Crippen molar-refractivity contribution in [3.05, 3.63) is 106 Å². The molecule has 0 bridgehead atoms. The highest BCUT2D eigenvalue weighted by atomic mass is 19.1. The van der Waals surface area contributed by atoms with Gasteiger partial charge in [0.25, 0.3) is 11.8 Å². The summed E-state index contributed by atoms with van der Waals surface area (Å²) in [5.41, 5.74) is -0.221. The van der Waals surface area contributed by atoms with Gasteiger partial charge in [0.15, 0.2) is 23.1 Å². The van der Waals surface area contributed by atoms with Crippen LogP contribution in [0, 0.1) is 11.6 Å². The lowest BCUT2D eigenvalue weighted by atomic mass is 9.99. The zero-order valence-electron chi connectivity index (χ0n) is 26.2. The molecule has 1 aliphatic rings. The van der Waals surface area contributed by atoms with Gasteiger partial charge in [-0.3, -0.25) is 19.4 Å². The Balaban J connectivity index is 1.30. The molecule has 0 radical (unpaired) electrons. The molecule has 1 saturated heterocycles. The van der Waals surface area contributed by atoms with E-state index in [4.69, 9.17) is 18.9 Å². The molecule has 1 N–H and O–H groups in total. The lowest BCUT2D eigenvalue weighted by Gasteiger charge is -2.28. The third kappa shape index (κ3) is 6.27. The second kappa shape index (κ2) is 13.5. The van der Waals surface area contributed by atoms with E-state index in [-0.39, 0.29) is 33.8 Å². The fraction of sp³-hybridized carbons (Fsp3) is 0.200. The van der Waals surface area contributed by atoms with E-state index in [0.717, 1.165) is 6.07 Å². The molecule has 246 valence electrons. The number of carbonyl (C=O) groups is 2. The maximum atomic E-state index is 15.3. The summed E-state index contributed by atoms with van der Waals surface area (Å²) in [6.07, 6.45) is 2.76. The van der Waals surface area contributed by atoms with Gasteiger partial charge < -0.3 is 33.7 Å². The van der Waals surface area contributed by atoms with E-state index < -0.39 is 28.9 Å². The van der Waals surface area contributed by atoms with Crippen LogP contribution in [0.2, 0.25) is 0 Å². The molecule has 5 aromatic rings. The van der Waals surface area contributed by atoms with Crippen LogP contribution < -0.4 is 25.0 Å². The Morgan fingerprint density at radius 1 is 0.896 bits per heavy atom. The average molecular weight is 657 g/mol. The van der Waals surface area contributed by atoms with Crippen LogP contribution in [-0.4, -0.2) is 66.8 Å². The number of benzene rings is 3. The number of halogens is 2. The van der Waals surface area contributed by atoms with Gasteiger partial charge in [-0.25, -0.2) is 8.78 Å². The van der Waals surface area contributed by atoms with Gasteiger partial charge in [0.2, 0.25) is 5.43 Å². The number of hydrogen-bond donors (Lipinski definition) is 1. The van der Waals surface area contributed by atoms with E-state index in [1.807, 2.05) is 0 Å². The van der Waals surface area contributed by atoms with Gasteiger partial charge >= 0.3 is 0 Å². The molecular formula is C35H30F2N4O7. The van der Waals surface area contributed by atoms with Gasteiger partial charge in [-0.05, 0) is 42.0 Å². The molecule has 0 atom stereocenters. The monoisotopic (exact) mass is 656 g/mol. The first-order valence-electron chi connectivity index (χ1n) is 14.8. The maximum Gasteiger partial charge on any atom is 0.271 e. The molecule has 0 saturated carbocycles. The summed E-state index contributed by atoms with van der Waals surface area (Å²) in [6, 6.07) is 13.8. The summed E-state index contributed by atoms with van der Waals surface area (Å²) in [5, 5.41) is 3.11. The number of aromatic nitrogens is 2. The van der Waals surface area contributed by atoms with E-state index in [1.54, 1.807) is 23.1 Å². The zero-order valence-corrected chi connectivity index (χ0v) is 26.2. The normalized spacial score (nSPS) is 12.9. The van der Waals surface area contributed by atoms with Crippen LogP contribution in [0.15, 0.2) is 77.9 Å². The van der Waals surface area contributed by atoms with Crippen LogP contribution in [0.3, 0.4) is 0 Å². The number of carbonyl (C=O) groups excluding carboxylic acids is 2. The molecule has 6 rings (SSSR count). The maximum absolute atomic E-state index is 15.3. The minimum absolute atomic E-state index is 0.0392. The predicted molar refractivity (Wildman–Crippen MR) is 173 cm³/mol. The van der Waals surface area contributed by atoms with Crippen molar-refractivity contribution in [3.63, 3.8) is 0 Å². The fourth-order valence-corrected chi connectivity index (χ4v) is 5.47. The molecule has 2 aromatic heterocycles. The summed E-state index contributed by atoms with van der Waals surface area (Å²) in [6.45, 7) is 1.33. The molecule has 0 aliphatic carbocycles. The van der Waals surface area contributed by atoms with Gasteiger partial charge in [-0.2, -0.15) is 0 Å². The Morgan fingerprint density at radius 2 is 1.60 bits per heavy atom. The highest BCUT2D eigenvalue weighted by molar-refractivity contribution is 6.07. The molecule has 1 fully saturated rings. The molecule has 1 aliphatic heterocycles. The minimum Gasteiger partial charge on any atom is -0.493 e. The van der Waals surface area contributed by atoms with Crippen molar-refractivity contribution in [1.29, 1.82) is 0 Å². The molecule has 11 nitrogen and oxygen atoms in total. The van der Waals surface area contributed by atoms with E-state index in [2.05, 4.69) is 10.3 Å². The van der Waals surface area contributed by atoms with Gasteiger partial charge in [-0.15, -0.1) is 0 Å². The van der Waals surface area contributed by atoms with Crippen molar-refractivity contribution >= 4 is 28.4 Å². The lowest BCUT2D eigenvalue weighted by Crippen LogP contribution is -2.42. The van der Waals surface area contributed by atoms with E-state index in [9.17, 15) is 18.8 Å². The number of nitrogens with one attached hydrogen (secondary N) is 1. The number of methoxy groups -OCH3 is 2. The van der Waals surface area contributed by atoms with Crippen LogP contribution in [0.4, 0.5) is 14.5 Å². The highest BCUT2D eigenvalue weighted by Gasteiger charge is 2.28. The Bertz CT molecular complexity index is 2090. The quantitative estimate of drug-likeness (QED) is 0.235. The van der Waals surface area contributed by atoms with E-state index in [0.29, 0.717) is 54.5 Å². The van der Waals surface area contributed by atoms with Gasteiger partial charge in [-0.1, -0.05) is 12.1 Å². The number of anilines is 1. The summed E-state index contributed by atoms with van der Waals surface area (Å²) in [4.78, 5) is 46.8. The summed E-state index contributed by atoms with van der Waals surface area (Å²) in [5.74, 6) is -1.50. The van der Waals surface area contributed by atoms with Crippen LogP contribution >= 0.6 is 0 Å². The number of aryl methyl sites for hydroxylation is 1. The van der Waals surface area contributed by atoms with Crippen molar-refractivity contribution in [2.45, 2.75) is 0 Å². The number of ether oxygens (including phenoxy) is 4. The fourth-order valence-electron chi connectivity index (χ4n) is 5.47. The van der Waals surface area contributed by atoms with E-state index in [1.165, 1.54) is 74.6 Å². The second-order valence-electron chi connectivity index (χ2n) is 10.9. The number of fused-ring (bicyclic) bond motifs is 1. The van der Waals surface area contributed by atoms with Crippen molar-refractivity contribution < 1.29 is 37.3 Å². The van der Waals surface area contributed by atoms with Crippen molar-refractivity contribution in [2.75, 3.05) is 45.8 Å². The number of rotatable bonds is 8. The summed E-state index contributed by atoms with van der Waals surface area (Å²) >= 11 is 0. The SMILES string of the molecule is COc1cc2nccc(Oc3ccc(NC(=O)c4cn(C)c(C(=O)N5CCOCC5)c(-c5ccc(F)cc5)c4=O)cc3F)c2cc1OC. The first-order valence-corrected chi connectivity index (χ1v) is 14.8. The molecule has 0 unspecified atom stereocenters. The Hall–Kier alpha value is -5.82. The largest absolute Gasteiger partial charge is 0.493 e.